The molecule has 0 radical (unpaired) electrons. The molecule has 0 unspecified atom stereocenters. The number of nitrogens with zero attached hydrogens (tertiary/aromatic N) is 3. The Labute approximate surface area is 126 Å². The van der Waals surface area contributed by atoms with Gasteiger partial charge in [0.05, 0.1) is 12.8 Å². The van der Waals surface area contributed by atoms with E-state index in [-0.39, 0.29) is 0 Å². The Bertz CT molecular complexity index is 825. The fourth-order valence-corrected chi connectivity index (χ4v) is 2.24. The van der Waals surface area contributed by atoms with Gasteiger partial charge in [0.15, 0.2) is 0 Å². The van der Waals surface area contributed by atoms with Crippen molar-refractivity contribution in [1.82, 2.24) is 15.0 Å². The van der Waals surface area contributed by atoms with Gasteiger partial charge in [-0.2, -0.15) is 4.80 Å². The van der Waals surface area contributed by atoms with Crippen LogP contribution in [0.3, 0.4) is 0 Å². The molecule has 0 fully saturated rings. The Morgan fingerprint density at radius 3 is 2.33 bits per heavy atom. The molecule has 106 valence electrons. The highest BCUT2D eigenvalue weighted by molar-refractivity contribution is 6.67. The Morgan fingerprint density at radius 1 is 1.14 bits per heavy atom. The second-order valence-electron chi connectivity index (χ2n) is 4.62. The quantitative estimate of drug-likeness (QED) is 0.697. The molecule has 0 atom stereocenters. The van der Waals surface area contributed by atoms with Crippen LogP contribution >= 0.6 is 11.6 Å². The van der Waals surface area contributed by atoms with Crippen LogP contribution < -0.4 is 4.74 Å². The van der Waals surface area contributed by atoms with Crippen molar-refractivity contribution in [3.63, 3.8) is 0 Å². The summed E-state index contributed by atoms with van der Waals surface area (Å²) in [7, 11) is 1.63. The molecule has 1 aromatic heterocycles. The number of halogens is 1. The lowest BCUT2D eigenvalue weighted by molar-refractivity contribution is 0.108. The lowest BCUT2D eigenvalue weighted by Gasteiger charge is -2.01. The van der Waals surface area contributed by atoms with E-state index in [9.17, 15) is 4.79 Å². The zero-order valence-corrected chi connectivity index (χ0v) is 12.3. The minimum absolute atomic E-state index is 0.439. The highest BCUT2D eigenvalue weighted by Gasteiger charge is 2.09. The first-order valence-corrected chi connectivity index (χ1v) is 6.68. The summed E-state index contributed by atoms with van der Waals surface area (Å²) in [5, 5.41) is 8.36. The zero-order valence-electron chi connectivity index (χ0n) is 11.5. The molecule has 0 bridgehead atoms. The Kier molecular flexibility index (Phi) is 3.35. The zero-order chi connectivity index (χ0) is 15.0. The minimum Gasteiger partial charge on any atom is -0.496 e. The first-order chi connectivity index (χ1) is 10.1. The van der Waals surface area contributed by atoms with Gasteiger partial charge in [-0.25, -0.2) is 0 Å². The molecule has 0 saturated heterocycles. The van der Waals surface area contributed by atoms with Crippen LogP contribution in [0.4, 0.5) is 0 Å². The summed E-state index contributed by atoms with van der Waals surface area (Å²) in [6.07, 6.45) is 0. The minimum atomic E-state index is -0.486. The molecule has 3 aromatic rings. The number of carbonyl (C=O) groups excluding carboxylic acids is 1. The third kappa shape index (κ3) is 2.48. The fourth-order valence-electron chi connectivity index (χ4n) is 2.11. The maximum Gasteiger partial charge on any atom is 0.252 e. The second kappa shape index (κ2) is 5.18. The molecule has 0 aliphatic heterocycles. The Morgan fingerprint density at radius 2 is 1.76 bits per heavy atom. The molecule has 21 heavy (non-hydrogen) atoms. The fraction of sp³-hybridized carbons (Fsp3) is 0.133. The van der Waals surface area contributed by atoms with Gasteiger partial charge >= 0.3 is 0 Å². The molecule has 0 N–H and O–H groups in total. The number of carbonyl (C=O) groups is 1. The standard InChI is InChI=1S/C15H12ClN3O2/c1-9-7-12-13(8-14(9)21-2)18-19(17-12)11-5-3-10(4-6-11)15(16)20/h3-8H,1-2H3. The average Bonchev–Trinajstić information content (AvgIpc) is 2.89. The maximum absolute atomic E-state index is 11.1. The Balaban J connectivity index is 2.06. The lowest BCUT2D eigenvalue weighted by Crippen LogP contribution is -1.99. The normalized spacial score (nSPS) is 10.8. The van der Waals surface area contributed by atoms with Gasteiger partial charge in [-0.3, -0.25) is 4.79 Å². The van der Waals surface area contributed by atoms with Crippen molar-refractivity contribution in [1.29, 1.82) is 0 Å². The van der Waals surface area contributed by atoms with Crippen LogP contribution in [0.5, 0.6) is 5.75 Å². The van der Waals surface area contributed by atoms with Crippen LogP contribution in [0.2, 0.25) is 0 Å². The topological polar surface area (TPSA) is 57.0 Å². The van der Waals surface area contributed by atoms with Crippen LogP contribution in [-0.4, -0.2) is 27.3 Å². The maximum atomic E-state index is 11.1. The molecular formula is C15H12ClN3O2. The van der Waals surface area contributed by atoms with E-state index < -0.39 is 5.24 Å². The van der Waals surface area contributed by atoms with Gasteiger partial charge in [-0.15, -0.1) is 10.2 Å². The molecule has 0 saturated carbocycles. The SMILES string of the molecule is COc1cc2nn(-c3ccc(C(=O)Cl)cc3)nc2cc1C. The first-order valence-electron chi connectivity index (χ1n) is 6.30. The summed E-state index contributed by atoms with van der Waals surface area (Å²) in [5.41, 5.74) is 3.72. The van der Waals surface area contributed by atoms with Crippen molar-refractivity contribution in [2.75, 3.05) is 7.11 Å². The summed E-state index contributed by atoms with van der Waals surface area (Å²) >= 11 is 5.43. The molecule has 1 heterocycles. The van der Waals surface area contributed by atoms with Crippen LogP contribution in [0.15, 0.2) is 36.4 Å². The smallest absolute Gasteiger partial charge is 0.252 e. The van der Waals surface area contributed by atoms with Crippen LogP contribution in [0.25, 0.3) is 16.7 Å². The number of benzene rings is 2. The van der Waals surface area contributed by atoms with Gasteiger partial charge in [0, 0.05) is 11.6 Å². The van der Waals surface area contributed by atoms with E-state index in [1.807, 2.05) is 19.1 Å². The van der Waals surface area contributed by atoms with Crippen molar-refractivity contribution in [3.8, 4) is 11.4 Å². The summed E-state index contributed by atoms with van der Waals surface area (Å²) in [6, 6.07) is 10.6. The van der Waals surface area contributed by atoms with Crippen molar-refractivity contribution in [2.24, 2.45) is 0 Å². The van der Waals surface area contributed by atoms with Gasteiger partial charge in [-0.1, -0.05) is 0 Å². The number of aryl methyl sites for hydroxylation is 1. The molecule has 0 aliphatic carbocycles. The summed E-state index contributed by atoms with van der Waals surface area (Å²) < 4.78 is 5.28. The number of hydrogen-bond acceptors (Lipinski definition) is 4. The van der Waals surface area contributed by atoms with E-state index >= 15 is 0 Å². The number of fused-ring (bicyclic) bond motifs is 1. The highest BCUT2D eigenvalue weighted by atomic mass is 35.5. The second-order valence-corrected chi connectivity index (χ2v) is 4.96. The number of ether oxygens (including phenoxy) is 1. The van der Waals surface area contributed by atoms with Gasteiger partial charge in [0.1, 0.15) is 16.8 Å². The largest absolute Gasteiger partial charge is 0.496 e. The van der Waals surface area contributed by atoms with Gasteiger partial charge in [-0.05, 0) is 54.4 Å². The van der Waals surface area contributed by atoms with Crippen molar-refractivity contribution in [3.05, 3.63) is 47.5 Å². The van der Waals surface area contributed by atoms with Gasteiger partial charge < -0.3 is 4.74 Å². The van der Waals surface area contributed by atoms with E-state index in [0.29, 0.717) is 5.56 Å². The number of aromatic nitrogens is 3. The third-order valence-electron chi connectivity index (χ3n) is 3.22. The number of rotatable bonds is 3. The van der Waals surface area contributed by atoms with Crippen LogP contribution in [-0.2, 0) is 0 Å². The van der Waals surface area contributed by atoms with Crippen molar-refractivity contribution in [2.45, 2.75) is 6.92 Å². The van der Waals surface area contributed by atoms with Gasteiger partial charge in [0.25, 0.3) is 5.24 Å². The first kappa shape index (κ1) is 13.6. The molecule has 0 aliphatic rings. The summed E-state index contributed by atoms with van der Waals surface area (Å²) in [6.45, 7) is 1.96. The monoisotopic (exact) mass is 301 g/mol. The van der Waals surface area contributed by atoms with Crippen molar-refractivity contribution >= 4 is 27.9 Å². The van der Waals surface area contributed by atoms with E-state index in [4.69, 9.17) is 16.3 Å². The van der Waals surface area contributed by atoms with E-state index in [1.54, 1.807) is 31.4 Å². The predicted molar refractivity (Wildman–Crippen MR) is 80.3 cm³/mol. The molecule has 0 amide bonds. The van der Waals surface area contributed by atoms with Gasteiger partial charge in [0.2, 0.25) is 0 Å². The third-order valence-corrected chi connectivity index (χ3v) is 3.44. The number of methoxy groups -OCH3 is 1. The average molecular weight is 302 g/mol. The highest BCUT2D eigenvalue weighted by Crippen LogP contribution is 2.23. The van der Waals surface area contributed by atoms with E-state index in [1.165, 1.54) is 4.80 Å². The van der Waals surface area contributed by atoms with Crippen LogP contribution in [0, 0.1) is 6.92 Å². The number of hydrogen-bond donors (Lipinski definition) is 0. The molecule has 0 spiro atoms. The molecular weight excluding hydrogens is 290 g/mol. The molecule has 3 rings (SSSR count). The van der Waals surface area contributed by atoms with E-state index in [2.05, 4.69) is 10.2 Å². The van der Waals surface area contributed by atoms with Crippen molar-refractivity contribution < 1.29 is 9.53 Å². The van der Waals surface area contributed by atoms with E-state index in [0.717, 1.165) is 28.0 Å². The Hall–Kier alpha value is -2.40. The lowest BCUT2D eigenvalue weighted by atomic mass is 10.2. The molecule has 6 heteroatoms. The summed E-state index contributed by atoms with van der Waals surface area (Å²) in [5.74, 6) is 0.776. The molecule has 5 nitrogen and oxygen atoms in total. The molecule has 2 aromatic carbocycles. The van der Waals surface area contributed by atoms with Crippen LogP contribution in [0.1, 0.15) is 15.9 Å². The predicted octanol–water partition coefficient (Wildman–Crippen LogP) is 3.12. The summed E-state index contributed by atoms with van der Waals surface area (Å²) in [4.78, 5) is 12.6.